The normalized spacial score (nSPS) is 22.8. The zero-order valence-electron chi connectivity index (χ0n) is 10.8. The van der Waals surface area contributed by atoms with Crippen LogP contribution < -0.4 is 5.32 Å². The Morgan fingerprint density at radius 3 is 2.48 bits per heavy atom. The van der Waals surface area contributed by atoms with Crippen LogP contribution >= 0.6 is 10.7 Å². The molecule has 1 saturated heterocycles. The maximum absolute atomic E-state index is 13.4. The first kappa shape index (κ1) is 16.4. The third-order valence-corrected chi connectivity index (χ3v) is 5.85. The van der Waals surface area contributed by atoms with Gasteiger partial charge in [-0.2, -0.15) is 0 Å². The summed E-state index contributed by atoms with van der Waals surface area (Å²) in [5, 5.41) is 2.68. The Hall–Kier alpha value is -0.990. The Bertz CT molecular complexity index is 682. The number of halogens is 2. The molecule has 0 saturated carbocycles. The first-order valence-electron chi connectivity index (χ1n) is 6.17. The molecular weight excluding hydrogens is 341 g/mol. The quantitative estimate of drug-likeness (QED) is 0.833. The fourth-order valence-electron chi connectivity index (χ4n) is 2.04. The molecule has 1 amide bonds. The minimum absolute atomic E-state index is 0.110. The average Bonchev–Trinajstić information content (AvgIpc) is 2.39. The van der Waals surface area contributed by atoms with E-state index >= 15 is 0 Å². The SMILES string of the molecule is O=C(NC1CCS(=O)CC1)c1cc(F)cc(S(=O)(=O)Cl)c1. The minimum Gasteiger partial charge on any atom is -0.349 e. The second kappa shape index (κ2) is 6.41. The lowest BCUT2D eigenvalue weighted by molar-refractivity contribution is 0.0934. The number of nitrogens with one attached hydrogen (secondary N) is 1. The zero-order chi connectivity index (χ0) is 15.6. The van der Waals surface area contributed by atoms with Crippen LogP contribution in [0.5, 0.6) is 0 Å². The van der Waals surface area contributed by atoms with Crippen LogP contribution in [0.2, 0.25) is 0 Å². The van der Waals surface area contributed by atoms with Gasteiger partial charge in [0.15, 0.2) is 0 Å². The van der Waals surface area contributed by atoms with Gasteiger partial charge in [0, 0.05) is 44.6 Å². The van der Waals surface area contributed by atoms with Crippen molar-refractivity contribution in [3.63, 3.8) is 0 Å². The van der Waals surface area contributed by atoms with E-state index in [0.29, 0.717) is 24.3 Å². The molecule has 0 aromatic heterocycles. The number of benzene rings is 1. The van der Waals surface area contributed by atoms with Crippen LogP contribution in [-0.4, -0.2) is 36.1 Å². The second-order valence-electron chi connectivity index (χ2n) is 4.71. The summed E-state index contributed by atoms with van der Waals surface area (Å²) in [4.78, 5) is 11.6. The third-order valence-electron chi connectivity index (χ3n) is 3.14. The summed E-state index contributed by atoms with van der Waals surface area (Å²) in [7, 11) is 0.198. The van der Waals surface area contributed by atoms with Gasteiger partial charge in [-0.1, -0.05) is 0 Å². The highest BCUT2D eigenvalue weighted by atomic mass is 35.7. The van der Waals surface area contributed by atoms with Gasteiger partial charge in [0.2, 0.25) is 0 Å². The highest BCUT2D eigenvalue weighted by Crippen LogP contribution is 2.19. The molecule has 116 valence electrons. The Kier molecular flexibility index (Phi) is 5.00. The Balaban J connectivity index is 2.16. The Labute approximate surface area is 128 Å². The topological polar surface area (TPSA) is 80.3 Å². The molecule has 1 N–H and O–H groups in total. The first-order valence-corrected chi connectivity index (χ1v) is 9.96. The maximum atomic E-state index is 13.4. The van der Waals surface area contributed by atoms with Gasteiger partial charge in [-0.05, 0) is 31.0 Å². The smallest absolute Gasteiger partial charge is 0.261 e. The summed E-state index contributed by atoms with van der Waals surface area (Å²) in [6.07, 6.45) is 1.16. The molecule has 9 heteroatoms. The predicted molar refractivity (Wildman–Crippen MR) is 77.8 cm³/mol. The molecule has 1 aliphatic rings. The molecule has 0 aliphatic carbocycles. The lowest BCUT2D eigenvalue weighted by Gasteiger charge is -2.22. The van der Waals surface area contributed by atoms with Crippen molar-refractivity contribution in [1.82, 2.24) is 5.32 Å². The van der Waals surface area contributed by atoms with E-state index in [1.54, 1.807) is 0 Å². The molecule has 1 fully saturated rings. The van der Waals surface area contributed by atoms with Gasteiger partial charge < -0.3 is 5.32 Å². The van der Waals surface area contributed by atoms with E-state index in [-0.39, 0.29) is 11.6 Å². The second-order valence-corrected chi connectivity index (χ2v) is 8.97. The Morgan fingerprint density at radius 2 is 1.90 bits per heavy atom. The van der Waals surface area contributed by atoms with Crippen LogP contribution in [0.4, 0.5) is 4.39 Å². The molecule has 1 aromatic rings. The van der Waals surface area contributed by atoms with Crippen molar-refractivity contribution in [1.29, 1.82) is 0 Å². The zero-order valence-corrected chi connectivity index (χ0v) is 13.2. The van der Waals surface area contributed by atoms with E-state index in [2.05, 4.69) is 5.32 Å². The summed E-state index contributed by atoms with van der Waals surface area (Å²) in [6, 6.07) is 2.58. The third kappa shape index (κ3) is 4.49. The first-order chi connectivity index (χ1) is 9.75. The van der Waals surface area contributed by atoms with E-state index in [1.165, 1.54) is 0 Å². The van der Waals surface area contributed by atoms with E-state index in [1.807, 2.05) is 0 Å². The Morgan fingerprint density at radius 1 is 1.29 bits per heavy atom. The van der Waals surface area contributed by atoms with Crippen LogP contribution in [0.25, 0.3) is 0 Å². The van der Waals surface area contributed by atoms with E-state index in [0.717, 1.165) is 18.2 Å². The van der Waals surface area contributed by atoms with Crippen molar-refractivity contribution >= 4 is 36.4 Å². The largest absolute Gasteiger partial charge is 0.349 e. The molecule has 0 radical (unpaired) electrons. The summed E-state index contributed by atoms with van der Waals surface area (Å²) >= 11 is 0. The van der Waals surface area contributed by atoms with Crippen LogP contribution in [0, 0.1) is 5.82 Å². The molecule has 0 atom stereocenters. The monoisotopic (exact) mass is 353 g/mol. The maximum Gasteiger partial charge on any atom is 0.261 e. The highest BCUT2D eigenvalue weighted by molar-refractivity contribution is 8.13. The average molecular weight is 354 g/mol. The summed E-state index contributed by atoms with van der Waals surface area (Å²) < 4.78 is 47.1. The molecule has 0 bridgehead atoms. The van der Waals surface area contributed by atoms with Crippen LogP contribution in [0.3, 0.4) is 0 Å². The molecule has 0 unspecified atom stereocenters. The minimum atomic E-state index is -4.11. The van der Waals surface area contributed by atoms with Crippen molar-refractivity contribution in [3.05, 3.63) is 29.6 Å². The lowest BCUT2D eigenvalue weighted by Crippen LogP contribution is -2.39. The van der Waals surface area contributed by atoms with Crippen LogP contribution in [0.15, 0.2) is 23.1 Å². The number of rotatable bonds is 3. The fourth-order valence-corrected chi connectivity index (χ4v) is 4.13. The molecule has 0 spiro atoms. The van der Waals surface area contributed by atoms with Crippen LogP contribution in [-0.2, 0) is 19.9 Å². The van der Waals surface area contributed by atoms with Gasteiger partial charge in [0.1, 0.15) is 5.82 Å². The van der Waals surface area contributed by atoms with Crippen molar-refractivity contribution in [2.75, 3.05) is 11.5 Å². The molecule has 1 aromatic carbocycles. The number of hydrogen-bond donors (Lipinski definition) is 1. The standard InChI is InChI=1S/C12H13ClFNO4S2/c13-21(18,19)11-6-8(5-9(14)7-11)12(16)15-10-1-3-20(17)4-2-10/h5-7,10H,1-4H2,(H,15,16). The number of hydrogen-bond acceptors (Lipinski definition) is 4. The van der Waals surface area contributed by atoms with Crippen LogP contribution in [0.1, 0.15) is 23.2 Å². The number of carbonyl (C=O) groups excluding carboxylic acids is 1. The highest BCUT2D eigenvalue weighted by Gasteiger charge is 2.21. The van der Waals surface area contributed by atoms with Crippen molar-refractivity contribution in [2.45, 2.75) is 23.8 Å². The van der Waals surface area contributed by atoms with E-state index in [9.17, 15) is 21.8 Å². The van der Waals surface area contributed by atoms with E-state index < -0.39 is 36.5 Å². The molecule has 1 heterocycles. The summed E-state index contributed by atoms with van der Waals surface area (Å²) in [5.41, 5.74) is -0.110. The predicted octanol–water partition coefficient (Wildman–Crippen LogP) is 1.39. The molecule has 2 rings (SSSR count). The van der Waals surface area contributed by atoms with Crippen molar-refractivity contribution in [3.8, 4) is 0 Å². The van der Waals surface area contributed by atoms with Crippen molar-refractivity contribution in [2.24, 2.45) is 0 Å². The molecule has 5 nitrogen and oxygen atoms in total. The van der Waals surface area contributed by atoms with Gasteiger partial charge in [0.05, 0.1) is 4.90 Å². The number of amides is 1. The summed E-state index contributed by atoms with van der Waals surface area (Å²) in [6.45, 7) is 0. The fraction of sp³-hybridized carbons (Fsp3) is 0.417. The van der Waals surface area contributed by atoms with Gasteiger partial charge in [-0.25, -0.2) is 12.8 Å². The lowest BCUT2D eigenvalue weighted by atomic mass is 10.1. The van der Waals surface area contributed by atoms with Gasteiger partial charge in [-0.3, -0.25) is 9.00 Å². The van der Waals surface area contributed by atoms with Gasteiger partial charge in [-0.15, -0.1) is 0 Å². The molecule has 21 heavy (non-hydrogen) atoms. The van der Waals surface area contributed by atoms with E-state index in [4.69, 9.17) is 10.7 Å². The molecule has 1 aliphatic heterocycles. The molecular formula is C12H13ClFNO4S2. The van der Waals surface area contributed by atoms with Gasteiger partial charge >= 0.3 is 0 Å². The number of carbonyl (C=O) groups is 1. The summed E-state index contributed by atoms with van der Waals surface area (Å²) in [5.74, 6) is -0.412. The van der Waals surface area contributed by atoms with Gasteiger partial charge in [0.25, 0.3) is 15.0 Å². The van der Waals surface area contributed by atoms with Crippen molar-refractivity contribution < 1.29 is 21.8 Å².